The van der Waals surface area contributed by atoms with Gasteiger partial charge in [0.05, 0.1) is 18.1 Å². The largest absolute Gasteiger partial charge is 0.497 e. The maximum atomic E-state index is 12.9. The van der Waals surface area contributed by atoms with Crippen molar-refractivity contribution in [3.05, 3.63) is 88.3 Å². The molecule has 4 heteroatoms. The monoisotopic (exact) mass is 371 g/mol. The van der Waals surface area contributed by atoms with E-state index in [-0.39, 0.29) is 5.43 Å². The van der Waals surface area contributed by atoms with Gasteiger partial charge in [-0.3, -0.25) is 4.79 Å². The number of rotatable bonds is 4. The summed E-state index contributed by atoms with van der Waals surface area (Å²) in [5.74, 6) is 0.746. The van der Waals surface area contributed by atoms with Gasteiger partial charge in [0, 0.05) is 17.4 Å². The third kappa shape index (κ3) is 3.49. The minimum Gasteiger partial charge on any atom is -0.497 e. The molecule has 1 N–H and O–H groups in total. The van der Waals surface area contributed by atoms with Crippen LogP contribution < -0.4 is 15.5 Å². The van der Waals surface area contributed by atoms with E-state index in [1.807, 2.05) is 36.4 Å². The quantitative estimate of drug-likeness (QED) is 0.490. The Kier molecular flexibility index (Phi) is 4.62. The van der Waals surface area contributed by atoms with E-state index in [9.17, 15) is 4.79 Å². The summed E-state index contributed by atoms with van der Waals surface area (Å²) in [5, 5.41) is 3.94. The van der Waals surface area contributed by atoms with E-state index in [4.69, 9.17) is 9.15 Å². The Morgan fingerprint density at radius 1 is 0.857 bits per heavy atom. The molecule has 4 rings (SSSR count). The zero-order valence-corrected chi connectivity index (χ0v) is 16.1. The maximum Gasteiger partial charge on any atom is 0.200 e. The van der Waals surface area contributed by atoms with Crippen molar-refractivity contribution in [2.24, 2.45) is 0 Å². The average molecular weight is 371 g/mol. The molecule has 0 atom stereocenters. The lowest BCUT2D eigenvalue weighted by atomic mass is 10.1. The van der Waals surface area contributed by atoms with Crippen LogP contribution in [-0.2, 0) is 0 Å². The van der Waals surface area contributed by atoms with Crippen molar-refractivity contribution in [2.75, 3.05) is 12.4 Å². The second-order valence-corrected chi connectivity index (χ2v) is 6.92. The van der Waals surface area contributed by atoms with E-state index in [1.165, 1.54) is 17.4 Å². The number of nitrogens with one attached hydrogen (secondary N) is 1. The fraction of sp³-hybridized carbons (Fsp3) is 0.125. The number of anilines is 2. The highest BCUT2D eigenvalue weighted by Gasteiger charge is 2.10. The van der Waals surface area contributed by atoms with Crippen LogP contribution in [0.5, 0.6) is 5.75 Å². The summed E-state index contributed by atoms with van der Waals surface area (Å²) in [6.45, 7) is 4.14. The molecular formula is C24H21NO3. The van der Waals surface area contributed by atoms with Crippen LogP contribution in [0.25, 0.3) is 22.1 Å². The Hall–Kier alpha value is -3.53. The van der Waals surface area contributed by atoms with Crippen molar-refractivity contribution < 1.29 is 9.15 Å². The molecule has 0 radical (unpaired) electrons. The lowest BCUT2D eigenvalue weighted by Gasteiger charge is -2.10. The molecule has 0 amide bonds. The molecule has 0 saturated carbocycles. The molecule has 0 bridgehead atoms. The van der Waals surface area contributed by atoms with Gasteiger partial charge >= 0.3 is 0 Å². The molecule has 0 aliphatic rings. The first-order chi connectivity index (χ1) is 13.5. The van der Waals surface area contributed by atoms with E-state index >= 15 is 0 Å². The summed E-state index contributed by atoms with van der Waals surface area (Å²) in [4.78, 5) is 12.9. The fourth-order valence-electron chi connectivity index (χ4n) is 3.39. The van der Waals surface area contributed by atoms with Gasteiger partial charge in [-0.15, -0.1) is 0 Å². The van der Waals surface area contributed by atoms with Gasteiger partial charge in [0.15, 0.2) is 5.43 Å². The molecule has 140 valence electrons. The Morgan fingerprint density at radius 2 is 1.57 bits per heavy atom. The van der Waals surface area contributed by atoms with Gasteiger partial charge in [-0.1, -0.05) is 18.2 Å². The van der Waals surface area contributed by atoms with Gasteiger partial charge in [-0.25, -0.2) is 0 Å². The number of hydrogen-bond donors (Lipinski definition) is 1. The van der Waals surface area contributed by atoms with Crippen LogP contribution in [0.4, 0.5) is 11.4 Å². The topological polar surface area (TPSA) is 51.5 Å². The second kappa shape index (κ2) is 7.24. The van der Waals surface area contributed by atoms with E-state index < -0.39 is 0 Å². The van der Waals surface area contributed by atoms with Gasteiger partial charge < -0.3 is 14.5 Å². The van der Waals surface area contributed by atoms with Crippen molar-refractivity contribution >= 4 is 22.3 Å². The van der Waals surface area contributed by atoms with Gasteiger partial charge in [0.1, 0.15) is 17.6 Å². The van der Waals surface area contributed by atoms with Gasteiger partial charge in [-0.05, 0) is 66.9 Å². The van der Waals surface area contributed by atoms with Crippen molar-refractivity contribution in [3.8, 4) is 16.9 Å². The highest BCUT2D eigenvalue weighted by atomic mass is 16.5. The lowest BCUT2D eigenvalue weighted by molar-refractivity contribution is 0.415. The minimum atomic E-state index is -0.0515. The van der Waals surface area contributed by atoms with Gasteiger partial charge in [0.2, 0.25) is 0 Å². The van der Waals surface area contributed by atoms with Crippen molar-refractivity contribution in [2.45, 2.75) is 13.8 Å². The molecule has 28 heavy (non-hydrogen) atoms. The number of aryl methyl sites for hydroxylation is 2. The van der Waals surface area contributed by atoms with E-state index in [1.54, 1.807) is 13.2 Å². The van der Waals surface area contributed by atoms with Crippen LogP contribution in [-0.4, -0.2) is 7.11 Å². The molecule has 4 nitrogen and oxygen atoms in total. The lowest BCUT2D eigenvalue weighted by Crippen LogP contribution is -2.05. The number of fused-ring (bicyclic) bond motifs is 1. The molecular weight excluding hydrogens is 350 g/mol. The molecule has 4 aromatic rings. The van der Waals surface area contributed by atoms with Crippen molar-refractivity contribution in [1.82, 2.24) is 0 Å². The van der Waals surface area contributed by atoms with Crippen molar-refractivity contribution in [3.63, 3.8) is 0 Å². The standard InChI is InChI=1S/C24H21NO3/c1-15-10-16(2)12-19(11-15)25-18-6-9-21-23(13-18)28-14-22(24(21)26)17-4-7-20(27-3)8-5-17/h4-14,25H,1-3H3. The summed E-state index contributed by atoms with van der Waals surface area (Å²) in [6.07, 6.45) is 1.52. The molecule has 1 aromatic heterocycles. The van der Waals surface area contributed by atoms with E-state index in [0.29, 0.717) is 16.5 Å². The molecule has 3 aromatic carbocycles. The summed E-state index contributed by atoms with van der Waals surface area (Å²) < 4.78 is 11.0. The van der Waals surface area contributed by atoms with Crippen LogP contribution in [0.2, 0.25) is 0 Å². The zero-order chi connectivity index (χ0) is 19.7. The summed E-state index contributed by atoms with van der Waals surface area (Å²) >= 11 is 0. The fourth-order valence-corrected chi connectivity index (χ4v) is 3.39. The van der Waals surface area contributed by atoms with Crippen LogP contribution >= 0.6 is 0 Å². The van der Waals surface area contributed by atoms with Crippen LogP contribution in [0, 0.1) is 13.8 Å². The molecule has 1 heterocycles. The first kappa shape index (κ1) is 17.9. The van der Waals surface area contributed by atoms with E-state index in [0.717, 1.165) is 22.7 Å². The summed E-state index contributed by atoms with van der Waals surface area (Å²) in [7, 11) is 1.61. The average Bonchev–Trinajstić information content (AvgIpc) is 2.68. The van der Waals surface area contributed by atoms with Crippen LogP contribution in [0.15, 0.2) is 76.1 Å². The molecule has 0 aliphatic heterocycles. The number of ether oxygens (including phenoxy) is 1. The Balaban J connectivity index is 1.70. The molecule has 0 aliphatic carbocycles. The third-order valence-corrected chi connectivity index (χ3v) is 4.69. The number of methoxy groups -OCH3 is 1. The molecule has 0 unspecified atom stereocenters. The summed E-state index contributed by atoms with van der Waals surface area (Å²) in [5.41, 5.74) is 6.10. The highest BCUT2D eigenvalue weighted by molar-refractivity contribution is 5.85. The normalized spacial score (nSPS) is 10.8. The predicted molar refractivity (Wildman–Crippen MR) is 114 cm³/mol. The number of hydrogen-bond acceptors (Lipinski definition) is 4. The molecule has 0 spiro atoms. The molecule has 0 fully saturated rings. The smallest absolute Gasteiger partial charge is 0.200 e. The Labute approximate surface area is 163 Å². The van der Waals surface area contributed by atoms with Crippen LogP contribution in [0.3, 0.4) is 0 Å². The Bertz CT molecular complexity index is 1190. The first-order valence-corrected chi connectivity index (χ1v) is 9.09. The maximum absolute atomic E-state index is 12.9. The van der Waals surface area contributed by atoms with Crippen molar-refractivity contribution in [1.29, 1.82) is 0 Å². The van der Waals surface area contributed by atoms with E-state index in [2.05, 4.69) is 37.4 Å². The first-order valence-electron chi connectivity index (χ1n) is 9.09. The Morgan fingerprint density at radius 3 is 2.25 bits per heavy atom. The molecule has 0 saturated heterocycles. The van der Waals surface area contributed by atoms with Gasteiger partial charge in [-0.2, -0.15) is 0 Å². The number of benzene rings is 3. The highest BCUT2D eigenvalue weighted by Crippen LogP contribution is 2.26. The SMILES string of the molecule is COc1ccc(-c2coc3cc(Nc4cc(C)cc(C)c4)ccc3c2=O)cc1. The second-order valence-electron chi connectivity index (χ2n) is 6.92. The van der Waals surface area contributed by atoms with Crippen LogP contribution in [0.1, 0.15) is 11.1 Å². The zero-order valence-electron chi connectivity index (χ0n) is 16.1. The third-order valence-electron chi connectivity index (χ3n) is 4.69. The minimum absolute atomic E-state index is 0.0515. The predicted octanol–water partition coefficient (Wildman–Crippen LogP) is 5.83. The van der Waals surface area contributed by atoms with Gasteiger partial charge in [0.25, 0.3) is 0 Å². The summed E-state index contributed by atoms with van der Waals surface area (Å²) in [6, 6.07) is 19.2.